The third-order valence-corrected chi connectivity index (χ3v) is 12.9. The Morgan fingerprint density at radius 3 is 0.967 bits per heavy atom. The van der Waals surface area contributed by atoms with Crippen LogP contribution in [0.15, 0.2) is 18.2 Å². The van der Waals surface area contributed by atoms with Crippen LogP contribution in [0.3, 0.4) is 0 Å². The van der Waals surface area contributed by atoms with Crippen LogP contribution in [0.1, 0.15) is 311 Å². The SMILES string of the molecule is CCCCCCCCCCCCCCCCCCCCNC(=O)c1ccc(C(=O)NCCCCCCCCCCCCCCCCCCCC)c(OCCCCCCCC)c1. The van der Waals surface area contributed by atoms with Gasteiger partial charge in [-0.15, -0.1) is 0 Å². The van der Waals surface area contributed by atoms with Gasteiger partial charge in [0, 0.05) is 18.7 Å². The van der Waals surface area contributed by atoms with Crippen LogP contribution in [0.2, 0.25) is 0 Å². The molecule has 2 amide bonds. The number of nitrogens with one attached hydrogen (secondary N) is 2. The van der Waals surface area contributed by atoms with Crippen molar-refractivity contribution >= 4 is 11.8 Å². The van der Waals surface area contributed by atoms with Gasteiger partial charge in [-0.25, -0.2) is 0 Å². The lowest BCUT2D eigenvalue weighted by molar-refractivity contribution is 0.0937. The van der Waals surface area contributed by atoms with Gasteiger partial charge < -0.3 is 15.4 Å². The summed E-state index contributed by atoms with van der Waals surface area (Å²) in [6, 6.07) is 5.36. The molecule has 0 saturated carbocycles. The fourth-order valence-corrected chi connectivity index (χ4v) is 8.69. The molecule has 1 aromatic rings. The second-order valence-electron chi connectivity index (χ2n) is 18.9. The van der Waals surface area contributed by atoms with Gasteiger partial charge in [-0.1, -0.05) is 271 Å². The molecule has 0 aliphatic rings. The Balaban J connectivity index is 2.24. The number of carbonyl (C=O) groups excluding carboxylic acids is 2. The van der Waals surface area contributed by atoms with Crippen LogP contribution in [-0.2, 0) is 0 Å². The van der Waals surface area contributed by atoms with E-state index in [1.807, 2.05) is 0 Å². The first-order valence-electron chi connectivity index (χ1n) is 27.5. The van der Waals surface area contributed by atoms with Crippen LogP contribution < -0.4 is 15.4 Å². The van der Waals surface area contributed by atoms with Gasteiger partial charge in [-0.3, -0.25) is 9.59 Å². The topological polar surface area (TPSA) is 67.4 Å². The number of rotatable bonds is 48. The second-order valence-corrected chi connectivity index (χ2v) is 18.9. The van der Waals surface area contributed by atoms with Gasteiger partial charge in [0.25, 0.3) is 11.8 Å². The molecule has 0 unspecified atom stereocenters. The molecular formula is C56H104N2O3. The van der Waals surface area contributed by atoms with Crippen LogP contribution in [0.25, 0.3) is 0 Å². The van der Waals surface area contributed by atoms with Gasteiger partial charge in [-0.05, 0) is 37.5 Å². The Morgan fingerprint density at radius 2 is 0.639 bits per heavy atom. The number of hydrogen-bond donors (Lipinski definition) is 2. The fraction of sp³-hybridized carbons (Fsp3) is 0.857. The Morgan fingerprint density at radius 1 is 0.361 bits per heavy atom. The van der Waals surface area contributed by atoms with Gasteiger partial charge in [0.1, 0.15) is 5.75 Å². The first kappa shape index (κ1) is 57.0. The summed E-state index contributed by atoms with van der Waals surface area (Å²) in [4.78, 5) is 26.4. The zero-order valence-corrected chi connectivity index (χ0v) is 41.3. The molecular weight excluding hydrogens is 749 g/mol. The first-order chi connectivity index (χ1) is 30.1. The molecule has 0 atom stereocenters. The number of hydrogen-bond acceptors (Lipinski definition) is 3. The third kappa shape index (κ3) is 37.1. The van der Waals surface area contributed by atoms with Crippen molar-refractivity contribution in [3.8, 4) is 5.75 Å². The average molecular weight is 853 g/mol. The predicted molar refractivity (Wildman–Crippen MR) is 268 cm³/mol. The maximum Gasteiger partial charge on any atom is 0.255 e. The highest BCUT2D eigenvalue weighted by Crippen LogP contribution is 2.23. The third-order valence-electron chi connectivity index (χ3n) is 12.9. The summed E-state index contributed by atoms with van der Waals surface area (Å²) < 4.78 is 6.20. The Labute approximate surface area is 380 Å². The lowest BCUT2D eigenvalue weighted by Crippen LogP contribution is -2.26. The van der Waals surface area contributed by atoms with Gasteiger partial charge in [-0.2, -0.15) is 0 Å². The van der Waals surface area contributed by atoms with Gasteiger partial charge in [0.15, 0.2) is 0 Å². The minimum Gasteiger partial charge on any atom is -0.493 e. The second kappa shape index (κ2) is 46.0. The van der Waals surface area contributed by atoms with Crippen LogP contribution in [0.5, 0.6) is 5.75 Å². The molecule has 0 heterocycles. The Kier molecular flexibility index (Phi) is 42.9. The summed E-state index contributed by atoms with van der Waals surface area (Å²) in [6.45, 7) is 8.75. The molecule has 0 aliphatic heterocycles. The molecule has 356 valence electrons. The maximum atomic E-state index is 13.3. The lowest BCUT2D eigenvalue weighted by Gasteiger charge is -2.14. The Hall–Kier alpha value is -2.04. The van der Waals surface area contributed by atoms with Crippen LogP contribution >= 0.6 is 0 Å². The molecule has 1 rings (SSSR count). The van der Waals surface area contributed by atoms with Gasteiger partial charge in [0.2, 0.25) is 0 Å². The van der Waals surface area contributed by atoms with Gasteiger partial charge >= 0.3 is 0 Å². The molecule has 0 aliphatic carbocycles. The number of unbranched alkanes of at least 4 members (excludes halogenated alkanes) is 39. The van der Waals surface area contributed by atoms with Crippen LogP contribution in [-0.4, -0.2) is 31.5 Å². The van der Waals surface area contributed by atoms with Gasteiger partial charge in [0.05, 0.1) is 12.2 Å². The highest BCUT2D eigenvalue weighted by atomic mass is 16.5. The van der Waals surface area contributed by atoms with Crippen molar-refractivity contribution in [3.63, 3.8) is 0 Å². The number of amides is 2. The molecule has 61 heavy (non-hydrogen) atoms. The van der Waals surface area contributed by atoms with E-state index in [2.05, 4.69) is 31.4 Å². The lowest BCUT2D eigenvalue weighted by atomic mass is 10.0. The normalized spacial score (nSPS) is 11.3. The van der Waals surface area contributed by atoms with E-state index in [1.54, 1.807) is 18.2 Å². The highest BCUT2D eigenvalue weighted by molar-refractivity contribution is 6.00. The highest BCUT2D eigenvalue weighted by Gasteiger charge is 2.16. The summed E-state index contributed by atoms with van der Waals surface area (Å²) in [7, 11) is 0. The molecule has 0 fully saturated rings. The molecule has 0 saturated heterocycles. The zero-order chi connectivity index (χ0) is 43.9. The number of ether oxygens (including phenoxy) is 1. The predicted octanol–water partition coefficient (Wildman–Crippen LogP) is 18.0. The van der Waals surface area contributed by atoms with Crippen molar-refractivity contribution in [2.75, 3.05) is 19.7 Å². The number of benzene rings is 1. The average Bonchev–Trinajstić information content (AvgIpc) is 3.27. The van der Waals surface area contributed by atoms with Crippen molar-refractivity contribution in [1.29, 1.82) is 0 Å². The summed E-state index contributed by atoms with van der Waals surface area (Å²) in [5.41, 5.74) is 1.11. The monoisotopic (exact) mass is 853 g/mol. The van der Waals surface area contributed by atoms with Crippen molar-refractivity contribution in [1.82, 2.24) is 10.6 Å². The molecule has 1 aromatic carbocycles. The zero-order valence-electron chi connectivity index (χ0n) is 41.3. The Bertz CT molecular complexity index is 1090. The van der Waals surface area contributed by atoms with Crippen molar-refractivity contribution in [3.05, 3.63) is 29.3 Å². The summed E-state index contributed by atoms with van der Waals surface area (Å²) >= 11 is 0. The molecule has 0 spiro atoms. The first-order valence-corrected chi connectivity index (χ1v) is 27.5. The van der Waals surface area contributed by atoms with E-state index < -0.39 is 0 Å². The molecule has 0 aromatic heterocycles. The van der Waals surface area contributed by atoms with E-state index in [-0.39, 0.29) is 11.8 Å². The quantitative estimate of drug-likeness (QED) is 0.0642. The van der Waals surface area contributed by atoms with E-state index in [1.165, 1.54) is 231 Å². The number of carbonyl (C=O) groups is 2. The molecule has 0 bridgehead atoms. The molecule has 0 radical (unpaired) electrons. The van der Waals surface area contributed by atoms with E-state index in [4.69, 9.17) is 4.74 Å². The van der Waals surface area contributed by atoms with E-state index in [0.29, 0.717) is 36.6 Å². The van der Waals surface area contributed by atoms with Crippen molar-refractivity contribution in [2.24, 2.45) is 0 Å². The molecule has 5 heteroatoms. The van der Waals surface area contributed by atoms with Crippen LogP contribution in [0, 0.1) is 0 Å². The standard InChI is InChI=1S/C56H104N2O3/c1-4-7-10-13-16-18-20-22-24-26-28-30-32-34-36-38-40-43-48-57-55(59)52-46-47-53(54(51-52)61-50-45-42-15-12-9-6-3)56(60)58-49-44-41-39-37-35-33-31-29-27-25-23-21-19-17-14-11-8-5-2/h46-47,51H,4-45,48-50H2,1-3H3,(H,57,59)(H,58,60). The summed E-state index contributed by atoms with van der Waals surface area (Å²) in [6.07, 6.45) is 55.9. The molecule has 5 nitrogen and oxygen atoms in total. The van der Waals surface area contributed by atoms with Crippen molar-refractivity contribution in [2.45, 2.75) is 290 Å². The van der Waals surface area contributed by atoms with E-state index in [9.17, 15) is 9.59 Å². The van der Waals surface area contributed by atoms with E-state index >= 15 is 0 Å². The largest absolute Gasteiger partial charge is 0.493 e. The fourth-order valence-electron chi connectivity index (χ4n) is 8.69. The summed E-state index contributed by atoms with van der Waals surface area (Å²) in [5.74, 6) is 0.350. The summed E-state index contributed by atoms with van der Waals surface area (Å²) in [5, 5.41) is 6.26. The minimum absolute atomic E-state index is 0.0813. The minimum atomic E-state index is -0.101. The van der Waals surface area contributed by atoms with E-state index in [0.717, 1.165) is 38.5 Å². The van der Waals surface area contributed by atoms with Crippen LogP contribution in [0.4, 0.5) is 0 Å². The molecule has 2 N–H and O–H groups in total. The smallest absolute Gasteiger partial charge is 0.255 e. The maximum absolute atomic E-state index is 13.3. The van der Waals surface area contributed by atoms with Crippen molar-refractivity contribution < 1.29 is 14.3 Å².